The molecule has 0 aromatic heterocycles. The second kappa shape index (κ2) is 3.35. The first kappa shape index (κ1) is 9.66. The van der Waals surface area contributed by atoms with Crippen LogP contribution in [0.15, 0.2) is 23.9 Å². The van der Waals surface area contributed by atoms with Crippen molar-refractivity contribution in [1.29, 1.82) is 0 Å². The van der Waals surface area contributed by atoms with E-state index in [2.05, 4.69) is 49.5 Å². The zero-order valence-corrected chi connectivity index (χ0v) is 9.90. The number of nitrogens with zero attached hydrogens (tertiary/aromatic N) is 1. The quantitative estimate of drug-likeness (QED) is 0.679. The molecule has 0 saturated heterocycles. The Morgan fingerprint density at radius 2 is 1.79 bits per heavy atom. The van der Waals surface area contributed by atoms with Crippen molar-refractivity contribution in [3.63, 3.8) is 0 Å². The predicted molar refractivity (Wildman–Crippen MR) is 63.9 cm³/mol. The highest BCUT2D eigenvalue weighted by molar-refractivity contribution is 7.97. The van der Waals surface area contributed by atoms with Gasteiger partial charge in [-0.25, -0.2) is 0 Å². The van der Waals surface area contributed by atoms with Crippen LogP contribution < -0.4 is 0 Å². The first-order valence-corrected chi connectivity index (χ1v) is 5.96. The number of benzene rings is 1. The van der Waals surface area contributed by atoms with Gasteiger partial charge >= 0.3 is 0 Å². The van der Waals surface area contributed by atoms with Gasteiger partial charge in [0.05, 0.1) is 11.4 Å². The zero-order chi connectivity index (χ0) is 10.3. The first-order valence-electron chi connectivity index (χ1n) is 4.78. The highest BCUT2D eigenvalue weighted by Crippen LogP contribution is 2.45. The minimum absolute atomic E-state index is 1.35. The van der Waals surface area contributed by atoms with Crippen LogP contribution in [0.25, 0.3) is 5.70 Å². The van der Waals surface area contributed by atoms with E-state index < -0.39 is 0 Å². The van der Waals surface area contributed by atoms with Crippen LogP contribution in [0.2, 0.25) is 0 Å². The minimum atomic E-state index is 1.35. The minimum Gasteiger partial charge on any atom is -0.285 e. The topological polar surface area (TPSA) is 3.01 Å². The Hall–Kier alpha value is -0.890. The summed E-state index contributed by atoms with van der Waals surface area (Å²) in [6.07, 6.45) is 2.11. The lowest BCUT2D eigenvalue weighted by Gasteiger charge is -2.04. The molecule has 0 fully saturated rings. The average Bonchev–Trinajstić information content (AvgIpc) is 2.81. The monoisotopic (exact) mass is 205 g/mol. The molecular weight excluding hydrogens is 190 g/mol. The second-order valence-electron chi connectivity index (χ2n) is 3.71. The van der Waals surface area contributed by atoms with Gasteiger partial charge in [-0.3, -0.25) is 4.31 Å². The fraction of sp³-hybridized carbons (Fsp3) is 0.333. The lowest BCUT2D eigenvalue weighted by molar-refractivity contribution is 0.985. The maximum Gasteiger partial charge on any atom is 0.0796 e. The molecule has 74 valence electrons. The van der Waals surface area contributed by atoms with Crippen LogP contribution in [0.1, 0.15) is 23.6 Å². The highest BCUT2D eigenvalue weighted by atomic mass is 32.2. The molecule has 1 aliphatic rings. The summed E-state index contributed by atoms with van der Waals surface area (Å²) in [6.45, 7) is 6.49. The van der Waals surface area contributed by atoms with Crippen LogP contribution >= 0.6 is 11.9 Å². The van der Waals surface area contributed by atoms with E-state index in [9.17, 15) is 0 Å². The molecule has 0 N–H and O–H groups in total. The molecule has 1 aromatic rings. The van der Waals surface area contributed by atoms with E-state index in [0.29, 0.717) is 0 Å². The standard InChI is InChI=1S/C12H15NS/c1-8-5-6-11(7-9(8)2)12-10(3)13(12)14-4/h5-7H,1-4H3. The van der Waals surface area contributed by atoms with Gasteiger partial charge in [-0.2, -0.15) is 0 Å². The molecule has 0 aliphatic carbocycles. The summed E-state index contributed by atoms with van der Waals surface area (Å²) in [4.78, 5) is 0. The molecule has 0 spiro atoms. The molecule has 1 aromatic carbocycles. The van der Waals surface area contributed by atoms with Gasteiger partial charge in [-0.15, -0.1) is 0 Å². The SMILES string of the molecule is CSN1C(C)=C1c1ccc(C)c(C)c1. The molecule has 0 unspecified atom stereocenters. The smallest absolute Gasteiger partial charge is 0.0796 e. The van der Waals surface area contributed by atoms with Crippen molar-refractivity contribution in [2.24, 2.45) is 0 Å². The van der Waals surface area contributed by atoms with E-state index in [4.69, 9.17) is 0 Å². The summed E-state index contributed by atoms with van der Waals surface area (Å²) in [5.41, 5.74) is 6.86. The maximum atomic E-state index is 2.27. The van der Waals surface area contributed by atoms with Crippen LogP contribution in [-0.2, 0) is 0 Å². The van der Waals surface area contributed by atoms with E-state index in [1.54, 1.807) is 11.9 Å². The summed E-state index contributed by atoms with van der Waals surface area (Å²) >= 11 is 1.77. The Morgan fingerprint density at radius 3 is 2.29 bits per heavy atom. The van der Waals surface area contributed by atoms with Crippen molar-refractivity contribution < 1.29 is 0 Å². The van der Waals surface area contributed by atoms with Crippen molar-refractivity contribution in [1.82, 2.24) is 4.31 Å². The van der Waals surface area contributed by atoms with Crippen molar-refractivity contribution in [2.45, 2.75) is 20.8 Å². The van der Waals surface area contributed by atoms with E-state index in [0.717, 1.165) is 0 Å². The van der Waals surface area contributed by atoms with Crippen molar-refractivity contribution in [2.75, 3.05) is 6.26 Å². The van der Waals surface area contributed by atoms with Gasteiger partial charge in [-0.1, -0.05) is 12.1 Å². The van der Waals surface area contributed by atoms with Crippen molar-refractivity contribution >= 4 is 17.6 Å². The molecule has 0 atom stereocenters. The summed E-state index contributed by atoms with van der Waals surface area (Å²) in [7, 11) is 0. The molecule has 0 bridgehead atoms. The number of hydrogen-bond acceptors (Lipinski definition) is 2. The van der Waals surface area contributed by atoms with Crippen LogP contribution in [0, 0.1) is 13.8 Å². The summed E-state index contributed by atoms with van der Waals surface area (Å²) in [5.74, 6) is 0. The van der Waals surface area contributed by atoms with Crippen LogP contribution in [0.3, 0.4) is 0 Å². The fourth-order valence-electron chi connectivity index (χ4n) is 1.67. The van der Waals surface area contributed by atoms with E-state index >= 15 is 0 Å². The average molecular weight is 205 g/mol. The third-order valence-electron chi connectivity index (χ3n) is 2.76. The Labute approximate surface area is 89.9 Å². The van der Waals surface area contributed by atoms with E-state index in [-0.39, 0.29) is 0 Å². The first-order chi connectivity index (χ1) is 6.65. The highest BCUT2D eigenvalue weighted by Gasteiger charge is 2.29. The third kappa shape index (κ3) is 1.44. The molecule has 2 heteroatoms. The van der Waals surface area contributed by atoms with Gasteiger partial charge in [0.15, 0.2) is 0 Å². The molecule has 2 rings (SSSR count). The van der Waals surface area contributed by atoms with Gasteiger partial charge in [0.2, 0.25) is 0 Å². The molecule has 0 radical (unpaired) electrons. The van der Waals surface area contributed by atoms with Crippen LogP contribution in [0.4, 0.5) is 0 Å². The van der Waals surface area contributed by atoms with Crippen LogP contribution in [0.5, 0.6) is 0 Å². The summed E-state index contributed by atoms with van der Waals surface area (Å²) < 4.78 is 2.27. The van der Waals surface area contributed by atoms with E-state index in [1.165, 1.54) is 28.1 Å². The molecule has 0 saturated carbocycles. The number of rotatable bonds is 2. The Kier molecular flexibility index (Phi) is 2.31. The zero-order valence-electron chi connectivity index (χ0n) is 9.09. The van der Waals surface area contributed by atoms with Crippen molar-refractivity contribution in [3.8, 4) is 0 Å². The normalized spacial score (nSPS) is 15.0. The molecular formula is C12H15NS. The fourth-order valence-corrected chi connectivity index (χ4v) is 2.41. The Bertz CT molecular complexity index is 407. The summed E-state index contributed by atoms with van der Waals surface area (Å²) in [5, 5.41) is 0. The Morgan fingerprint density at radius 1 is 1.07 bits per heavy atom. The molecule has 0 amide bonds. The molecule has 14 heavy (non-hydrogen) atoms. The number of hydrogen-bond donors (Lipinski definition) is 0. The lowest BCUT2D eigenvalue weighted by atomic mass is 10.1. The van der Waals surface area contributed by atoms with Crippen molar-refractivity contribution in [3.05, 3.63) is 40.6 Å². The van der Waals surface area contributed by atoms with Gasteiger partial charge in [0.1, 0.15) is 0 Å². The second-order valence-corrected chi connectivity index (χ2v) is 4.44. The summed E-state index contributed by atoms with van der Waals surface area (Å²) in [6, 6.07) is 6.67. The third-order valence-corrected chi connectivity index (χ3v) is 3.58. The van der Waals surface area contributed by atoms with Gasteiger partial charge in [0, 0.05) is 11.8 Å². The number of aryl methyl sites for hydroxylation is 2. The Balaban J connectivity index is 2.32. The van der Waals surface area contributed by atoms with E-state index in [1.807, 2.05) is 0 Å². The predicted octanol–water partition coefficient (Wildman–Crippen LogP) is 3.59. The van der Waals surface area contributed by atoms with Gasteiger partial charge < -0.3 is 0 Å². The largest absolute Gasteiger partial charge is 0.285 e. The van der Waals surface area contributed by atoms with Crippen LogP contribution in [-0.4, -0.2) is 10.6 Å². The van der Waals surface area contributed by atoms with Gasteiger partial charge in [-0.05, 0) is 49.9 Å². The molecule has 1 nitrogen and oxygen atoms in total. The molecule has 1 heterocycles. The number of allylic oxidation sites excluding steroid dienone is 1. The maximum absolute atomic E-state index is 2.27. The van der Waals surface area contributed by atoms with Gasteiger partial charge in [0.25, 0.3) is 0 Å². The molecule has 1 aliphatic heterocycles. The lowest BCUT2D eigenvalue weighted by Crippen LogP contribution is -1.88.